The van der Waals surface area contributed by atoms with Crippen molar-refractivity contribution in [2.24, 2.45) is 0 Å². The number of hydrogen-bond donors (Lipinski definition) is 2. The van der Waals surface area contributed by atoms with Gasteiger partial charge < -0.3 is 24.5 Å². The molecule has 2 saturated heterocycles. The summed E-state index contributed by atoms with van der Waals surface area (Å²) in [5.74, 6) is -0.748. The largest absolute Gasteiger partial charge is 0.456 e. The van der Waals surface area contributed by atoms with Crippen LogP contribution in [0.5, 0.6) is 6.01 Å². The van der Waals surface area contributed by atoms with Gasteiger partial charge in [0.2, 0.25) is 0 Å². The van der Waals surface area contributed by atoms with Crippen molar-refractivity contribution in [1.82, 2.24) is 15.0 Å². The second-order valence-corrected chi connectivity index (χ2v) is 7.36. The molecule has 10 heteroatoms. The van der Waals surface area contributed by atoms with Gasteiger partial charge in [-0.1, -0.05) is 17.7 Å². The van der Waals surface area contributed by atoms with Crippen LogP contribution >= 0.6 is 11.6 Å². The Kier molecular flexibility index (Phi) is 6.31. The van der Waals surface area contributed by atoms with Gasteiger partial charge >= 0.3 is 0 Å². The van der Waals surface area contributed by atoms with Crippen LogP contribution in [0.3, 0.4) is 0 Å². The van der Waals surface area contributed by atoms with E-state index in [9.17, 15) is 8.78 Å². The van der Waals surface area contributed by atoms with Crippen LogP contribution in [0.2, 0.25) is 5.02 Å². The molecule has 0 aliphatic carbocycles. The second kappa shape index (κ2) is 9.11. The van der Waals surface area contributed by atoms with Crippen LogP contribution in [0.4, 0.5) is 14.6 Å². The Balaban J connectivity index is 1.55. The fourth-order valence-corrected chi connectivity index (χ4v) is 3.59. The zero-order valence-electron chi connectivity index (χ0n) is 16.2. The molecule has 3 atom stereocenters. The molecule has 0 radical (unpaired) electrons. The Bertz CT molecular complexity index is 953. The number of aromatic nitrogens is 3. The minimum Gasteiger partial charge on any atom is -0.456 e. The van der Waals surface area contributed by atoms with E-state index < -0.39 is 11.6 Å². The highest BCUT2D eigenvalue weighted by Crippen LogP contribution is 2.28. The van der Waals surface area contributed by atoms with Crippen LogP contribution in [0.15, 0.2) is 30.5 Å². The smallest absolute Gasteiger partial charge is 0.295 e. The molecule has 4 rings (SSSR count). The summed E-state index contributed by atoms with van der Waals surface area (Å²) in [5.41, 5.74) is -0.107. The lowest BCUT2D eigenvalue weighted by Crippen LogP contribution is -2.32. The Morgan fingerprint density at radius 3 is 2.83 bits per heavy atom. The standard InChI is InChI=1S/C20H21ClF2N4O3/c1-11-26-19(25-9-12-14(22)3-2-4-15(12)23)13(21)5-7-24-20(27-11)30-17-10-29-16-6-8-28-18(16)17/h2-5,7,16-18,25H,6,8-10H2,1H3,(H,24,26,27)/t16-,17-,18+/m1/s1. The number of aromatic amines is 1. The van der Waals surface area contributed by atoms with Gasteiger partial charge in [0, 0.05) is 24.9 Å². The maximum atomic E-state index is 13.9. The number of hydrogen-bond acceptors (Lipinski definition) is 6. The summed E-state index contributed by atoms with van der Waals surface area (Å²) in [6.45, 7) is 2.59. The lowest BCUT2D eigenvalue weighted by Gasteiger charge is -2.16. The van der Waals surface area contributed by atoms with E-state index in [1.807, 2.05) is 0 Å². The van der Waals surface area contributed by atoms with Gasteiger partial charge in [-0.15, -0.1) is 0 Å². The third kappa shape index (κ3) is 4.63. The zero-order valence-corrected chi connectivity index (χ0v) is 17.0. The van der Waals surface area contributed by atoms with Crippen LogP contribution in [-0.2, 0) is 16.0 Å². The summed E-state index contributed by atoms with van der Waals surface area (Å²) in [6.07, 6.45) is 2.03. The molecule has 1 aromatic carbocycles. The first-order chi connectivity index (χ1) is 14.5. The average Bonchev–Trinajstić information content (AvgIpc) is 3.31. The summed E-state index contributed by atoms with van der Waals surface area (Å²) in [5, 5.41) is 3.10. The number of fused-ring (bicyclic) bond motifs is 1. The van der Waals surface area contributed by atoms with Gasteiger partial charge in [-0.3, -0.25) is 0 Å². The molecule has 2 aliphatic rings. The third-order valence-corrected chi connectivity index (χ3v) is 5.18. The SMILES string of the molecule is Cc1nc(O[C@@H]2CO[C@@H]3CCO[C@@H]32)[nH]ccc(Cl)c(NCc2c(F)cccc2F)n1. The number of anilines is 1. The molecule has 30 heavy (non-hydrogen) atoms. The highest BCUT2D eigenvalue weighted by Gasteiger charge is 2.43. The summed E-state index contributed by atoms with van der Waals surface area (Å²) < 4.78 is 45.1. The molecule has 0 bridgehead atoms. The fraction of sp³-hybridized carbons (Fsp3) is 0.400. The molecule has 0 unspecified atom stereocenters. The van der Waals surface area contributed by atoms with Gasteiger partial charge in [-0.05, 0) is 31.5 Å². The number of benzene rings is 1. The number of halogens is 3. The Labute approximate surface area is 177 Å². The molecule has 160 valence electrons. The predicted octanol–water partition coefficient (Wildman–Crippen LogP) is 3.72. The molecule has 2 N–H and O–H groups in total. The van der Waals surface area contributed by atoms with Crippen LogP contribution in [0.1, 0.15) is 17.8 Å². The van der Waals surface area contributed by atoms with E-state index in [1.165, 1.54) is 18.2 Å². The van der Waals surface area contributed by atoms with E-state index >= 15 is 0 Å². The van der Waals surface area contributed by atoms with Crippen molar-refractivity contribution in [3.05, 3.63) is 58.5 Å². The van der Waals surface area contributed by atoms with E-state index in [2.05, 4.69) is 20.3 Å². The highest BCUT2D eigenvalue weighted by molar-refractivity contribution is 6.32. The van der Waals surface area contributed by atoms with Crippen molar-refractivity contribution in [2.45, 2.75) is 38.2 Å². The maximum absolute atomic E-state index is 13.9. The molecule has 7 nitrogen and oxygen atoms in total. The van der Waals surface area contributed by atoms with Crippen molar-refractivity contribution in [2.75, 3.05) is 18.5 Å². The number of nitrogens with zero attached hydrogens (tertiary/aromatic N) is 2. The van der Waals surface area contributed by atoms with Crippen molar-refractivity contribution in [1.29, 1.82) is 0 Å². The lowest BCUT2D eigenvalue weighted by molar-refractivity contribution is 0.0267. The monoisotopic (exact) mass is 438 g/mol. The van der Waals surface area contributed by atoms with Crippen LogP contribution < -0.4 is 10.1 Å². The maximum Gasteiger partial charge on any atom is 0.295 e. The van der Waals surface area contributed by atoms with E-state index in [0.29, 0.717) is 19.0 Å². The fourth-order valence-electron chi connectivity index (χ4n) is 3.42. The Hall–Kier alpha value is -2.49. The Morgan fingerprint density at radius 2 is 2.03 bits per heavy atom. The van der Waals surface area contributed by atoms with Crippen molar-refractivity contribution in [3.63, 3.8) is 0 Å². The number of aryl methyl sites for hydroxylation is 1. The second-order valence-electron chi connectivity index (χ2n) is 6.96. The minimum atomic E-state index is -0.653. The molecule has 0 spiro atoms. The molecule has 2 aliphatic heterocycles. The summed E-state index contributed by atoms with van der Waals surface area (Å²) in [4.78, 5) is 11.6. The molecule has 3 heterocycles. The normalized spacial score (nSPS) is 22.5. The number of nitrogens with one attached hydrogen (secondary N) is 2. The number of H-pyrrole nitrogens is 1. The first-order valence-electron chi connectivity index (χ1n) is 9.54. The quantitative estimate of drug-likeness (QED) is 0.740. The van der Waals surface area contributed by atoms with Crippen LogP contribution in [-0.4, -0.2) is 46.5 Å². The van der Waals surface area contributed by atoms with E-state index in [4.69, 9.17) is 25.8 Å². The van der Waals surface area contributed by atoms with E-state index in [1.54, 1.807) is 19.2 Å². The predicted molar refractivity (Wildman–Crippen MR) is 106 cm³/mol. The van der Waals surface area contributed by atoms with Gasteiger partial charge in [0.15, 0.2) is 6.10 Å². The van der Waals surface area contributed by atoms with Gasteiger partial charge in [0.05, 0.1) is 17.7 Å². The van der Waals surface area contributed by atoms with Crippen LogP contribution in [0, 0.1) is 18.6 Å². The van der Waals surface area contributed by atoms with Crippen molar-refractivity contribution >= 4 is 17.4 Å². The van der Waals surface area contributed by atoms with E-state index in [0.717, 1.165) is 6.42 Å². The number of rotatable bonds is 5. The van der Waals surface area contributed by atoms with Gasteiger partial charge in [0.25, 0.3) is 6.01 Å². The summed E-state index contributed by atoms with van der Waals surface area (Å²) in [7, 11) is 0. The molecule has 2 fully saturated rings. The third-order valence-electron chi connectivity index (χ3n) is 4.88. The van der Waals surface area contributed by atoms with Gasteiger partial charge in [-0.25, -0.2) is 13.8 Å². The minimum absolute atomic E-state index is 0.0444. The zero-order chi connectivity index (χ0) is 21.1. The van der Waals surface area contributed by atoms with Gasteiger partial charge in [-0.2, -0.15) is 4.98 Å². The first kappa shape index (κ1) is 20.8. The lowest BCUT2D eigenvalue weighted by atomic mass is 10.1. The molecular formula is C20H21ClF2N4O3. The topological polar surface area (TPSA) is 81.3 Å². The summed E-state index contributed by atoms with van der Waals surface area (Å²) in [6, 6.07) is 5.46. The first-order valence-corrected chi connectivity index (χ1v) is 9.92. The molecule has 2 aromatic rings. The Morgan fingerprint density at radius 1 is 1.23 bits per heavy atom. The molecule has 1 aromatic heterocycles. The van der Waals surface area contributed by atoms with Gasteiger partial charge in [0.1, 0.15) is 29.4 Å². The summed E-state index contributed by atoms with van der Waals surface area (Å²) >= 11 is 6.30. The average molecular weight is 439 g/mol. The van der Waals surface area contributed by atoms with Crippen LogP contribution in [0.25, 0.3) is 0 Å². The van der Waals surface area contributed by atoms with Crippen molar-refractivity contribution < 1.29 is 23.0 Å². The van der Waals surface area contributed by atoms with Crippen molar-refractivity contribution in [3.8, 4) is 6.01 Å². The van der Waals surface area contributed by atoms with E-state index in [-0.39, 0.29) is 47.3 Å². The molecule has 0 saturated carbocycles. The molecule has 0 amide bonds. The highest BCUT2D eigenvalue weighted by atomic mass is 35.5. The molecular weight excluding hydrogens is 418 g/mol. The number of ether oxygens (including phenoxy) is 3.